The summed E-state index contributed by atoms with van der Waals surface area (Å²) in [5, 5.41) is 4.17. The zero-order valence-electron chi connectivity index (χ0n) is 50.9. The minimum atomic E-state index is -0.119. The summed E-state index contributed by atoms with van der Waals surface area (Å²) in [6, 6.07) is 93.5. The molecule has 0 aliphatic heterocycles. The van der Waals surface area contributed by atoms with Crippen LogP contribution in [0.2, 0.25) is 0 Å². The molecule has 2 aliphatic carbocycles. The van der Waals surface area contributed by atoms with Crippen LogP contribution in [0.25, 0.3) is 168 Å². The molecule has 4 aromatic heterocycles. The van der Waals surface area contributed by atoms with Crippen LogP contribution in [0.15, 0.2) is 276 Å². The van der Waals surface area contributed by atoms with E-state index in [-0.39, 0.29) is 10.8 Å². The highest BCUT2D eigenvalue weighted by atomic mass is 16.3. The molecule has 8 nitrogen and oxygen atoms in total. The highest BCUT2D eigenvalue weighted by Crippen LogP contribution is 2.54. The van der Waals surface area contributed by atoms with Crippen LogP contribution in [-0.2, 0) is 10.8 Å². The normalized spacial score (nSPS) is 13.4. The van der Waals surface area contributed by atoms with Crippen molar-refractivity contribution in [3.63, 3.8) is 0 Å². The topological polar surface area (TPSA) is 104 Å². The maximum absolute atomic E-state index is 6.95. The van der Waals surface area contributed by atoms with Crippen LogP contribution >= 0.6 is 0 Å². The minimum absolute atomic E-state index is 0.118. The van der Waals surface area contributed by atoms with Crippen LogP contribution in [0.1, 0.15) is 49.9 Å². The Hall–Kier alpha value is -11.7. The first-order chi connectivity index (χ1) is 45.1. The molecule has 0 spiro atoms. The highest BCUT2D eigenvalue weighted by molar-refractivity contribution is 6.13. The van der Waals surface area contributed by atoms with E-state index < -0.39 is 0 Å². The molecule has 0 N–H and O–H groups in total. The number of aromatic nitrogens is 6. The van der Waals surface area contributed by atoms with Gasteiger partial charge >= 0.3 is 0 Å². The van der Waals surface area contributed by atoms with Crippen molar-refractivity contribution in [1.29, 1.82) is 0 Å². The van der Waals surface area contributed by atoms with E-state index in [1.54, 1.807) is 0 Å². The first kappa shape index (κ1) is 53.3. The lowest BCUT2D eigenvalue weighted by molar-refractivity contribution is 0.660. The van der Waals surface area contributed by atoms with Gasteiger partial charge in [0.25, 0.3) is 0 Å². The second-order valence-corrected chi connectivity index (χ2v) is 25.3. The van der Waals surface area contributed by atoms with Gasteiger partial charge in [-0.1, -0.05) is 258 Å². The fourth-order valence-electron chi connectivity index (χ4n) is 14.5. The minimum Gasteiger partial charge on any atom is -0.455 e. The van der Waals surface area contributed by atoms with Gasteiger partial charge in [0.15, 0.2) is 34.9 Å². The summed E-state index contributed by atoms with van der Waals surface area (Å²) >= 11 is 0. The van der Waals surface area contributed by atoms with Gasteiger partial charge in [-0.05, 0) is 103 Å². The van der Waals surface area contributed by atoms with Crippen molar-refractivity contribution in [2.24, 2.45) is 0 Å². The van der Waals surface area contributed by atoms with E-state index >= 15 is 0 Å². The van der Waals surface area contributed by atoms with E-state index in [4.69, 9.17) is 38.7 Å². The Labute approximate surface area is 531 Å². The Balaban J connectivity index is 0.676. The van der Waals surface area contributed by atoms with Crippen LogP contribution in [0.4, 0.5) is 0 Å². The predicted molar refractivity (Wildman–Crippen MR) is 372 cm³/mol. The largest absolute Gasteiger partial charge is 0.455 e. The maximum Gasteiger partial charge on any atom is 0.164 e. The number of fused-ring (bicyclic) bond motifs is 12. The quantitative estimate of drug-likeness (QED) is 0.141. The molecular weight excluding hydrogens is 1120 g/mol. The summed E-state index contributed by atoms with van der Waals surface area (Å²) in [5.74, 6) is 3.37. The zero-order chi connectivity index (χ0) is 61.4. The van der Waals surface area contributed by atoms with Crippen molar-refractivity contribution in [3.05, 3.63) is 289 Å². The smallest absolute Gasteiger partial charge is 0.164 e. The van der Waals surface area contributed by atoms with E-state index in [2.05, 4.69) is 234 Å². The first-order valence-corrected chi connectivity index (χ1v) is 31.3. The lowest BCUT2D eigenvalue weighted by Crippen LogP contribution is -2.14. The zero-order valence-corrected chi connectivity index (χ0v) is 50.9. The third kappa shape index (κ3) is 8.44. The molecule has 434 valence electrons. The van der Waals surface area contributed by atoms with Crippen LogP contribution < -0.4 is 0 Å². The summed E-state index contributed by atoms with van der Waals surface area (Å²) in [7, 11) is 0. The second kappa shape index (κ2) is 20.4. The molecule has 0 saturated heterocycles. The van der Waals surface area contributed by atoms with Gasteiger partial charge in [-0.3, -0.25) is 0 Å². The molecule has 0 atom stereocenters. The number of hydrogen-bond donors (Lipinski definition) is 0. The van der Waals surface area contributed by atoms with E-state index in [0.29, 0.717) is 34.9 Å². The van der Waals surface area contributed by atoms with Gasteiger partial charge in [0.05, 0.1) is 0 Å². The molecule has 0 saturated carbocycles. The third-order valence-corrected chi connectivity index (χ3v) is 19.2. The van der Waals surface area contributed by atoms with E-state index in [0.717, 1.165) is 105 Å². The van der Waals surface area contributed by atoms with E-state index in [1.807, 2.05) is 60.7 Å². The SMILES string of the molecule is CC1(C)c2ccccc2-c2ccc(-c3cccc4c3oc3cc(-c5nc(-c6ccccc6)nc(-c6cccc(-c7ccc(-c8nc(-c9ccccc9)nc(-c9ccc%10c(c9)oc9c(-c%11cccc%12c%11-c%11ccccc%11C%12(C)C)cccc9%10)n8)cc7)c6)n5)ccc34)cc21. The van der Waals surface area contributed by atoms with E-state index in [9.17, 15) is 0 Å². The second-order valence-electron chi connectivity index (χ2n) is 25.3. The summed E-state index contributed by atoms with van der Waals surface area (Å²) < 4.78 is 13.8. The Morgan fingerprint density at radius 3 is 1.22 bits per heavy atom. The van der Waals surface area contributed by atoms with Gasteiger partial charge < -0.3 is 8.83 Å². The van der Waals surface area contributed by atoms with Crippen molar-refractivity contribution in [3.8, 4) is 124 Å². The maximum atomic E-state index is 6.95. The highest BCUT2D eigenvalue weighted by Gasteiger charge is 2.38. The number of para-hydroxylation sites is 2. The van der Waals surface area contributed by atoms with Crippen molar-refractivity contribution in [2.45, 2.75) is 38.5 Å². The van der Waals surface area contributed by atoms with E-state index in [1.165, 1.54) is 50.1 Å². The van der Waals surface area contributed by atoms with Gasteiger partial charge in [0.2, 0.25) is 0 Å². The molecule has 0 unspecified atom stereocenters. The molecular formula is C84H56N6O2. The van der Waals surface area contributed by atoms with Gasteiger partial charge in [0.1, 0.15) is 22.3 Å². The molecule has 0 radical (unpaired) electrons. The third-order valence-electron chi connectivity index (χ3n) is 19.2. The predicted octanol–water partition coefficient (Wildman–Crippen LogP) is 21.5. The molecule has 0 amide bonds. The monoisotopic (exact) mass is 1180 g/mol. The van der Waals surface area contributed by atoms with Gasteiger partial charge in [-0.15, -0.1) is 0 Å². The van der Waals surface area contributed by atoms with Gasteiger partial charge in [-0.2, -0.15) is 0 Å². The molecule has 8 heteroatoms. The first-order valence-electron chi connectivity index (χ1n) is 31.3. The number of hydrogen-bond acceptors (Lipinski definition) is 8. The Morgan fingerprint density at radius 2 is 0.609 bits per heavy atom. The Kier molecular flexibility index (Phi) is 11.8. The van der Waals surface area contributed by atoms with Crippen molar-refractivity contribution >= 4 is 43.9 Å². The van der Waals surface area contributed by atoms with Crippen LogP contribution in [0.3, 0.4) is 0 Å². The summed E-state index contributed by atoms with van der Waals surface area (Å²) in [6.07, 6.45) is 0. The molecule has 16 aromatic rings. The van der Waals surface area contributed by atoms with Crippen LogP contribution in [0, 0.1) is 0 Å². The fourth-order valence-corrected chi connectivity index (χ4v) is 14.5. The molecule has 92 heavy (non-hydrogen) atoms. The van der Waals surface area contributed by atoms with Crippen molar-refractivity contribution in [2.75, 3.05) is 0 Å². The average molecular weight is 1180 g/mol. The molecule has 0 fully saturated rings. The lowest BCUT2D eigenvalue weighted by atomic mass is 9.81. The van der Waals surface area contributed by atoms with Gasteiger partial charge in [0, 0.05) is 76.9 Å². The van der Waals surface area contributed by atoms with Crippen molar-refractivity contribution in [1.82, 2.24) is 29.9 Å². The molecule has 4 heterocycles. The molecule has 2 aliphatic rings. The van der Waals surface area contributed by atoms with Crippen LogP contribution in [-0.4, -0.2) is 29.9 Å². The summed E-state index contributed by atoms with van der Waals surface area (Å²) in [6.45, 7) is 9.28. The Bertz CT molecular complexity index is 5710. The molecule has 12 aromatic carbocycles. The fraction of sp³-hybridized carbons (Fsp3) is 0.0714. The van der Waals surface area contributed by atoms with Gasteiger partial charge in [-0.25, -0.2) is 29.9 Å². The van der Waals surface area contributed by atoms with Crippen molar-refractivity contribution < 1.29 is 8.83 Å². The molecule has 0 bridgehead atoms. The Morgan fingerprint density at radius 1 is 0.228 bits per heavy atom. The number of rotatable bonds is 9. The summed E-state index contributed by atoms with van der Waals surface area (Å²) in [5.41, 5.74) is 25.1. The number of benzene rings is 12. The number of furan rings is 2. The molecule has 18 rings (SSSR count). The standard InChI is InChI=1S/C84H56N6O2/c1-83(2)69-33-14-12-26-67(69)74-63(28-18-34-70(74)83)66-31-17-30-65-62-44-41-56(48-73(62)92-76(65)66)81-87-77(50-19-7-5-8-20-50)85-79(89-81)52-37-35-49(36-38-52)53-23-15-24-55(45-53)80-86-78(51-21-9-6-10-22-51)88-82(90-80)57-40-43-61-64-29-16-27-58(75(64)91-72(61)47-57)54-39-42-60-59-25-11-13-32-68(59)84(3,4)71(60)46-54/h5-48H,1-4H3. The average Bonchev–Trinajstić information content (AvgIpc) is 1.57. The number of nitrogens with zero attached hydrogens (tertiary/aromatic N) is 6. The van der Waals surface area contributed by atoms with Crippen LogP contribution in [0.5, 0.6) is 0 Å². The lowest BCUT2D eigenvalue weighted by Gasteiger charge is -2.22. The summed E-state index contributed by atoms with van der Waals surface area (Å²) in [4.78, 5) is 30.9.